The van der Waals surface area contributed by atoms with E-state index in [2.05, 4.69) is 20.4 Å². The van der Waals surface area contributed by atoms with E-state index in [1.807, 2.05) is 75.4 Å². The Hall–Kier alpha value is -6.17. The molecule has 23 heteroatoms. The molecule has 0 saturated carbocycles. The number of anilines is 1. The SMILES string of the molecule is C.C.C.C.C.CC(=O)CCCCC1CCSS1.CC(=O)CCCCC1SCC2CC(=O)NC21.CC(=O)CCCCC1SCC2CC(N)=NC21.CC(=O)CNc1ccc(C)cc1[N+](=O)[O-].CC(=O)c1ccccc1.CC(=O)c1ccccc1C(=O)O.COC(=O)CCC(C)=O. The number of fused-ring (bicyclic) bond motifs is 2. The van der Waals surface area contributed by atoms with Gasteiger partial charge in [-0.2, -0.15) is 23.5 Å². The molecule has 7 unspecified atom stereocenters. The summed E-state index contributed by atoms with van der Waals surface area (Å²) in [7, 11) is 5.34. The van der Waals surface area contributed by atoms with E-state index < -0.39 is 10.9 Å². The number of rotatable bonds is 25. The highest BCUT2D eigenvalue weighted by atomic mass is 33.1. The molecule has 4 fully saturated rings. The van der Waals surface area contributed by atoms with E-state index in [1.165, 1.54) is 83.3 Å². The first-order chi connectivity index (χ1) is 42.2. The molecule has 7 atom stereocenters. The number of benzene rings is 3. The summed E-state index contributed by atoms with van der Waals surface area (Å²) in [6, 6.07) is 21.1. The minimum absolute atomic E-state index is 0. The number of nitro benzene ring substituents is 1. The van der Waals surface area contributed by atoms with Gasteiger partial charge in [0.15, 0.2) is 11.6 Å². The van der Waals surface area contributed by atoms with Crippen LogP contribution in [-0.4, -0.2) is 133 Å². The van der Waals surface area contributed by atoms with Gasteiger partial charge in [-0.15, -0.1) is 0 Å². The molecular formula is C71H113N5O14S4. The molecule has 19 nitrogen and oxygen atoms in total. The number of carboxylic acid groups (broad SMARTS) is 1. The van der Waals surface area contributed by atoms with Crippen molar-refractivity contribution in [2.24, 2.45) is 22.6 Å². The number of ketones is 7. The first kappa shape index (κ1) is 94.2. The Morgan fingerprint density at radius 1 is 0.660 bits per heavy atom. The summed E-state index contributed by atoms with van der Waals surface area (Å²) in [5, 5.41) is 27.3. The van der Waals surface area contributed by atoms with Gasteiger partial charge in [-0.25, -0.2) is 4.79 Å². The monoisotopic (exact) mass is 1390 g/mol. The minimum atomic E-state index is -1.07. The molecule has 3 aromatic rings. The summed E-state index contributed by atoms with van der Waals surface area (Å²) < 4.78 is 4.31. The smallest absolute Gasteiger partial charge is 0.336 e. The van der Waals surface area contributed by atoms with Gasteiger partial charge in [0.25, 0.3) is 5.69 Å². The number of unbranched alkanes of at least 4 members (excludes halogenated alkanes) is 3. The molecule has 0 spiro atoms. The molecule has 5 heterocycles. The molecule has 0 aromatic heterocycles. The number of aryl methyl sites for hydroxylation is 1. The van der Waals surface area contributed by atoms with Crippen molar-refractivity contribution in [1.29, 1.82) is 0 Å². The number of hydrogen-bond acceptors (Lipinski definition) is 20. The molecule has 5 aliphatic rings. The van der Waals surface area contributed by atoms with E-state index in [0.29, 0.717) is 58.1 Å². The predicted octanol–water partition coefficient (Wildman–Crippen LogP) is 16.1. The summed E-state index contributed by atoms with van der Waals surface area (Å²) in [6.07, 6.45) is 16.1. The van der Waals surface area contributed by atoms with Crippen LogP contribution in [0.3, 0.4) is 0 Å². The van der Waals surface area contributed by atoms with E-state index in [9.17, 15) is 58.1 Å². The third kappa shape index (κ3) is 40.3. The Kier molecular flexibility index (Phi) is 53.2. The molecule has 8 rings (SSSR count). The number of hydrogen-bond donors (Lipinski definition) is 4. The average molecular weight is 1390 g/mol. The van der Waals surface area contributed by atoms with Gasteiger partial charge in [-0.3, -0.25) is 39.1 Å². The number of ether oxygens (including phenoxy) is 1. The van der Waals surface area contributed by atoms with Crippen LogP contribution in [0, 0.1) is 28.9 Å². The second-order valence-corrected chi connectivity index (χ2v) is 27.8. The number of nitro groups is 1. The van der Waals surface area contributed by atoms with E-state index in [-0.39, 0.29) is 114 Å². The van der Waals surface area contributed by atoms with E-state index in [0.717, 1.165) is 92.2 Å². The van der Waals surface area contributed by atoms with Crippen LogP contribution in [-0.2, 0) is 38.3 Å². The number of thioether (sulfide) groups is 2. The number of carbonyl (C=O) groups is 10. The normalized spacial score (nSPS) is 18.5. The Bertz CT molecular complexity index is 2800. The molecule has 5 N–H and O–H groups in total. The van der Waals surface area contributed by atoms with Crippen LogP contribution in [0.4, 0.5) is 11.4 Å². The number of carbonyl (C=O) groups excluding carboxylic acids is 9. The van der Waals surface area contributed by atoms with E-state index in [1.54, 1.807) is 58.9 Å². The van der Waals surface area contributed by atoms with Crippen LogP contribution in [0.5, 0.6) is 0 Å². The Labute approximate surface area is 578 Å². The zero-order valence-corrected chi connectivity index (χ0v) is 56.4. The van der Waals surface area contributed by atoms with Crippen LogP contribution in [0.1, 0.15) is 231 Å². The number of aliphatic imine (C=N–C) groups is 1. The number of methoxy groups -OCH3 is 1. The van der Waals surface area contributed by atoms with Gasteiger partial charge < -0.3 is 45.4 Å². The van der Waals surface area contributed by atoms with Crippen LogP contribution in [0.15, 0.2) is 77.8 Å². The first-order valence-corrected chi connectivity index (χ1v) is 34.8. The van der Waals surface area contributed by atoms with Gasteiger partial charge in [0.1, 0.15) is 34.6 Å². The second-order valence-electron chi connectivity index (χ2n) is 22.5. The van der Waals surface area contributed by atoms with Crippen molar-refractivity contribution >= 4 is 121 Å². The highest BCUT2D eigenvalue weighted by Crippen LogP contribution is 2.42. The number of amides is 1. The number of carboxylic acids is 1. The lowest BCUT2D eigenvalue weighted by Gasteiger charge is -2.17. The number of aromatic carboxylic acids is 1. The highest BCUT2D eigenvalue weighted by molar-refractivity contribution is 8.77. The quantitative estimate of drug-likeness (QED) is 0.0153. The first-order valence-electron chi connectivity index (χ1n) is 30.3. The zero-order chi connectivity index (χ0) is 66.4. The molecule has 0 radical (unpaired) electrons. The Morgan fingerprint density at radius 3 is 1.65 bits per heavy atom. The van der Waals surface area contributed by atoms with Gasteiger partial charge >= 0.3 is 11.9 Å². The number of nitrogens with two attached hydrogens (primary N) is 1. The highest BCUT2D eigenvalue weighted by Gasteiger charge is 2.43. The van der Waals surface area contributed by atoms with Gasteiger partial charge in [-0.1, -0.05) is 133 Å². The van der Waals surface area contributed by atoms with Gasteiger partial charge in [0, 0.05) is 83.3 Å². The number of Topliss-reactive ketones (excluding diaryl/α,β-unsaturated/α-hetero) is 7. The average Bonchev–Trinajstić information content (AvgIpc) is 1.67. The van der Waals surface area contributed by atoms with Crippen molar-refractivity contribution in [3.63, 3.8) is 0 Å². The molecule has 1 amide bonds. The predicted molar refractivity (Wildman–Crippen MR) is 394 cm³/mol. The van der Waals surface area contributed by atoms with Crippen LogP contribution >= 0.6 is 45.1 Å². The number of nitrogens with one attached hydrogen (secondary N) is 2. The zero-order valence-electron chi connectivity index (χ0n) is 53.2. The Morgan fingerprint density at radius 2 is 1.18 bits per heavy atom. The van der Waals surface area contributed by atoms with Crippen LogP contribution in [0.2, 0.25) is 0 Å². The van der Waals surface area contributed by atoms with E-state index >= 15 is 0 Å². The topological polar surface area (TPSA) is 306 Å². The van der Waals surface area contributed by atoms with E-state index in [4.69, 9.17) is 10.8 Å². The fraction of sp³-hybridized carbons (Fsp3) is 0.592. The molecular weight excluding hydrogens is 1280 g/mol. The maximum atomic E-state index is 11.3. The second kappa shape index (κ2) is 53.0. The van der Waals surface area contributed by atoms with Crippen molar-refractivity contribution in [3.05, 3.63) is 105 Å². The summed E-state index contributed by atoms with van der Waals surface area (Å²) in [5.74, 6) is 5.37. The van der Waals surface area contributed by atoms with Crippen molar-refractivity contribution in [2.45, 2.75) is 230 Å². The van der Waals surface area contributed by atoms with Gasteiger partial charge in [-0.05, 0) is 141 Å². The lowest BCUT2D eigenvalue weighted by atomic mass is 9.96. The van der Waals surface area contributed by atoms with Crippen LogP contribution in [0.25, 0.3) is 0 Å². The lowest BCUT2D eigenvalue weighted by Crippen LogP contribution is -2.34. The third-order valence-corrected chi connectivity index (χ3v) is 20.6. The fourth-order valence-corrected chi connectivity index (χ4v) is 16.0. The van der Waals surface area contributed by atoms with Gasteiger partial charge in [0.05, 0.1) is 42.4 Å². The summed E-state index contributed by atoms with van der Waals surface area (Å²) in [4.78, 5) is 122. The number of esters is 1. The van der Waals surface area contributed by atoms with Crippen molar-refractivity contribution < 1.29 is 62.7 Å². The standard InChI is InChI=1S/C12H20N2OS.C12H19NO2S.C10H12N2O3.C9H8O3.C9H16OS2.C8H8O.C6H10O3.5CH4/c1-8(15)4-2-3-5-10-12-9(7-16-10)6-11(13)14-12;1-8(14)4-2-3-5-10-12-9(7-16-10)6-11(15)13-12;1-7-3-4-9(11-6-8(2)13)10(5-7)12(14)15;1-6(10)7-4-2-3-5-8(7)9(11)12;1-8(10)4-2-3-5-9-6-7-11-12-9;1-7(9)8-5-3-2-4-6-8;1-5(7)3-4-6(8)9-2;;;;;/h9-10,12H,2-7H2,1H3,(H2,13,14);9-10,12H,2-7H2,1H3,(H,13,15);3-5,11H,6H2,1-2H3;2-5H,1H3,(H,11,12);9H,2-7H2,1H3;2-6H,1H3;3-4H2,1-2H3;5*1H4. The number of nitrogens with zero attached hydrogens (tertiary/aromatic N) is 2. The van der Waals surface area contributed by atoms with Crippen molar-refractivity contribution in [1.82, 2.24) is 5.32 Å². The summed E-state index contributed by atoms with van der Waals surface area (Å²) in [5.41, 5.74) is 8.06. The summed E-state index contributed by atoms with van der Waals surface area (Å²) >= 11 is 4.04. The van der Waals surface area contributed by atoms with Crippen molar-refractivity contribution in [3.8, 4) is 0 Å². The molecule has 3 aromatic carbocycles. The lowest BCUT2D eigenvalue weighted by molar-refractivity contribution is -0.384. The van der Waals surface area contributed by atoms with Crippen molar-refractivity contribution in [2.75, 3.05) is 36.2 Å². The maximum Gasteiger partial charge on any atom is 0.336 e. The molecule has 0 bridgehead atoms. The third-order valence-electron chi connectivity index (χ3n) is 14.5. The molecule has 0 aliphatic carbocycles. The molecule has 5 aliphatic heterocycles. The van der Waals surface area contributed by atoms with Gasteiger partial charge in [0.2, 0.25) is 5.91 Å². The largest absolute Gasteiger partial charge is 0.478 e. The minimum Gasteiger partial charge on any atom is -0.478 e. The fourth-order valence-electron chi connectivity index (χ4n) is 9.72. The van der Waals surface area contributed by atoms with Crippen LogP contribution < -0.4 is 16.4 Å². The number of amidine groups is 1. The summed E-state index contributed by atoms with van der Waals surface area (Å²) in [6.45, 7) is 12.7. The Balaban J connectivity index is -0.000000503. The molecule has 530 valence electrons. The molecule has 4 saturated heterocycles. The maximum absolute atomic E-state index is 11.3. The molecule has 94 heavy (non-hydrogen) atoms.